The molecule has 29 heavy (non-hydrogen) atoms. The predicted molar refractivity (Wildman–Crippen MR) is 116 cm³/mol. The molecule has 8 heteroatoms. The molecule has 0 aliphatic carbocycles. The van der Waals surface area contributed by atoms with Gasteiger partial charge in [0.25, 0.3) is 5.56 Å². The SMILES string of the molecule is Cc1nc2c(c(-c3cccc(Cl)c3)c1C(=O)CCCCCl)c(=O)n(C)c(=O)n2C. The van der Waals surface area contributed by atoms with Gasteiger partial charge < -0.3 is 0 Å². The van der Waals surface area contributed by atoms with E-state index in [4.69, 9.17) is 23.2 Å². The third-order valence-corrected chi connectivity index (χ3v) is 5.45. The largest absolute Gasteiger partial charge is 0.332 e. The van der Waals surface area contributed by atoms with Gasteiger partial charge in [-0.1, -0.05) is 23.7 Å². The summed E-state index contributed by atoms with van der Waals surface area (Å²) in [6.45, 7) is 1.71. The molecule has 0 bridgehead atoms. The quantitative estimate of drug-likeness (QED) is 0.336. The van der Waals surface area contributed by atoms with E-state index in [1.165, 1.54) is 11.6 Å². The summed E-state index contributed by atoms with van der Waals surface area (Å²) in [6.07, 6.45) is 1.65. The van der Waals surface area contributed by atoms with Crippen LogP contribution in [-0.4, -0.2) is 25.8 Å². The molecule has 0 saturated carbocycles. The van der Waals surface area contributed by atoms with Crippen LogP contribution in [0.1, 0.15) is 35.3 Å². The van der Waals surface area contributed by atoms with E-state index in [1.54, 1.807) is 38.2 Å². The zero-order valence-electron chi connectivity index (χ0n) is 16.5. The minimum atomic E-state index is -0.500. The summed E-state index contributed by atoms with van der Waals surface area (Å²) in [5, 5.41) is 0.704. The first-order chi connectivity index (χ1) is 13.8. The van der Waals surface area contributed by atoms with Gasteiger partial charge in [0.1, 0.15) is 5.65 Å². The van der Waals surface area contributed by atoms with Crippen molar-refractivity contribution < 1.29 is 4.79 Å². The Morgan fingerprint density at radius 2 is 1.86 bits per heavy atom. The normalized spacial score (nSPS) is 11.2. The van der Waals surface area contributed by atoms with E-state index in [2.05, 4.69) is 4.98 Å². The number of hydrogen-bond acceptors (Lipinski definition) is 4. The molecule has 2 aromatic heterocycles. The number of rotatable bonds is 6. The van der Waals surface area contributed by atoms with Crippen molar-refractivity contribution in [3.63, 3.8) is 0 Å². The van der Waals surface area contributed by atoms with E-state index in [-0.39, 0.29) is 16.8 Å². The van der Waals surface area contributed by atoms with E-state index in [0.717, 1.165) is 11.0 Å². The van der Waals surface area contributed by atoms with E-state index in [1.807, 2.05) is 0 Å². The van der Waals surface area contributed by atoms with E-state index in [0.29, 0.717) is 46.1 Å². The molecule has 0 amide bonds. The topological polar surface area (TPSA) is 74.0 Å². The van der Waals surface area contributed by atoms with Crippen LogP contribution in [0.5, 0.6) is 0 Å². The molecule has 0 N–H and O–H groups in total. The number of pyridine rings is 1. The molecule has 0 aliphatic heterocycles. The summed E-state index contributed by atoms with van der Waals surface area (Å²) in [6, 6.07) is 6.97. The highest BCUT2D eigenvalue weighted by Crippen LogP contribution is 2.33. The Labute approximate surface area is 177 Å². The van der Waals surface area contributed by atoms with Crippen LogP contribution >= 0.6 is 23.2 Å². The molecule has 6 nitrogen and oxygen atoms in total. The minimum Gasteiger partial charge on any atom is -0.294 e. The standard InChI is InChI=1S/C21H21Cl2N3O3/c1-12-16(15(27)9-4-5-10-22)17(13-7-6-8-14(23)11-13)18-19(24-12)25(2)21(29)26(3)20(18)28/h6-8,11H,4-5,9-10H2,1-3H3. The fraction of sp³-hybridized carbons (Fsp3) is 0.333. The Balaban J connectivity index is 2.46. The van der Waals surface area contributed by atoms with Gasteiger partial charge in [-0.05, 0) is 37.5 Å². The summed E-state index contributed by atoms with van der Waals surface area (Å²) < 4.78 is 2.34. The zero-order valence-corrected chi connectivity index (χ0v) is 18.0. The van der Waals surface area contributed by atoms with Crippen molar-refractivity contribution in [3.05, 3.63) is 61.4 Å². The lowest BCUT2D eigenvalue weighted by Gasteiger charge is -2.17. The van der Waals surface area contributed by atoms with Crippen LogP contribution in [-0.2, 0) is 14.1 Å². The van der Waals surface area contributed by atoms with Crippen molar-refractivity contribution in [2.24, 2.45) is 14.1 Å². The van der Waals surface area contributed by atoms with Crippen molar-refractivity contribution in [2.45, 2.75) is 26.2 Å². The Bertz CT molecular complexity index is 1230. The van der Waals surface area contributed by atoms with Crippen molar-refractivity contribution in [1.82, 2.24) is 14.1 Å². The van der Waals surface area contributed by atoms with Crippen LogP contribution in [0.2, 0.25) is 5.02 Å². The van der Waals surface area contributed by atoms with Crippen molar-refractivity contribution in [3.8, 4) is 11.1 Å². The lowest BCUT2D eigenvalue weighted by Crippen LogP contribution is -2.38. The number of ketones is 1. The third kappa shape index (κ3) is 3.87. The van der Waals surface area contributed by atoms with Gasteiger partial charge in [0, 0.05) is 42.5 Å². The van der Waals surface area contributed by atoms with E-state index < -0.39 is 11.2 Å². The first kappa shape index (κ1) is 21.3. The monoisotopic (exact) mass is 433 g/mol. The molecule has 3 aromatic rings. The molecule has 0 aliphatic rings. The number of benzene rings is 1. The van der Waals surface area contributed by atoms with Gasteiger partial charge in [-0.15, -0.1) is 11.6 Å². The molecule has 0 fully saturated rings. The number of alkyl halides is 1. The number of fused-ring (bicyclic) bond motifs is 1. The molecule has 0 unspecified atom stereocenters. The number of aryl methyl sites for hydroxylation is 2. The van der Waals surface area contributed by atoms with Gasteiger partial charge >= 0.3 is 5.69 Å². The van der Waals surface area contributed by atoms with Gasteiger partial charge in [0.2, 0.25) is 0 Å². The Morgan fingerprint density at radius 1 is 1.14 bits per heavy atom. The van der Waals surface area contributed by atoms with Crippen molar-refractivity contribution in [2.75, 3.05) is 5.88 Å². The Morgan fingerprint density at radius 3 is 2.52 bits per heavy atom. The predicted octanol–water partition coefficient (Wildman–Crippen LogP) is 3.85. The maximum absolute atomic E-state index is 13.1. The van der Waals surface area contributed by atoms with Crippen LogP contribution < -0.4 is 11.2 Å². The molecule has 2 heterocycles. The van der Waals surface area contributed by atoms with Gasteiger partial charge in [-0.25, -0.2) is 9.78 Å². The maximum atomic E-state index is 13.1. The molecule has 0 saturated heterocycles. The average molecular weight is 434 g/mol. The van der Waals surface area contributed by atoms with Gasteiger partial charge in [0.05, 0.1) is 11.1 Å². The second-order valence-corrected chi connectivity index (χ2v) is 7.75. The van der Waals surface area contributed by atoms with Crippen LogP contribution in [0.3, 0.4) is 0 Å². The van der Waals surface area contributed by atoms with Crippen LogP contribution in [0, 0.1) is 6.92 Å². The molecule has 1 aromatic carbocycles. The minimum absolute atomic E-state index is 0.118. The molecular weight excluding hydrogens is 413 g/mol. The smallest absolute Gasteiger partial charge is 0.294 e. The van der Waals surface area contributed by atoms with Crippen molar-refractivity contribution in [1.29, 1.82) is 0 Å². The second kappa shape index (κ2) is 8.51. The van der Waals surface area contributed by atoms with Crippen LogP contribution in [0.15, 0.2) is 33.9 Å². The second-order valence-electron chi connectivity index (χ2n) is 6.93. The summed E-state index contributed by atoms with van der Waals surface area (Å²) in [4.78, 5) is 43.1. The molecule has 152 valence electrons. The zero-order chi connectivity index (χ0) is 21.3. The van der Waals surface area contributed by atoms with Gasteiger partial charge in [-0.3, -0.25) is 18.7 Å². The third-order valence-electron chi connectivity index (χ3n) is 4.95. The number of unbranched alkanes of at least 4 members (excludes halogenated alkanes) is 1. The van der Waals surface area contributed by atoms with Gasteiger partial charge in [0.15, 0.2) is 5.78 Å². The van der Waals surface area contributed by atoms with E-state index in [9.17, 15) is 14.4 Å². The highest BCUT2D eigenvalue weighted by Gasteiger charge is 2.24. The Kier molecular flexibility index (Phi) is 6.24. The number of carbonyl (C=O) groups excluding carboxylic acids is 1. The number of halogens is 2. The highest BCUT2D eigenvalue weighted by atomic mass is 35.5. The first-order valence-corrected chi connectivity index (χ1v) is 10.1. The fourth-order valence-corrected chi connectivity index (χ4v) is 3.86. The van der Waals surface area contributed by atoms with E-state index >= 15 is 0 Å². The highest BCUT2D eigenvalue weighted by molar-refractivity contribution is 6.31. The summed E-state index contributed by atoms with van der Waals surface area (Å²) in [5.41, 5.74) is 1.19. The average Bonchev–Trinajstić information content (AvgIpc) is 2.69. The number of aromatic nitrogens is 3. The molecule has 0 radical (unpaired) electrons. The first-order valence-electron chi connectivity index (χ1n) is 9.23. The fourth-order valence-electron chi connectivity index (χ4n) is 3.48. The molecular formula is C21H21Cl2N3O3. The summed E-state index contributed by atoms with van der Waals surface area (Å²) in [5.74, 6) is 0.361. The number of hydrogen-bond donors (Lipinski definition) is 0. The van der Waals surface area contributed by atoms with Crippen LogP contribution in [0.25, 0.3) is 22.2 Å². The molecule has 0 spiro atoms. The lowest BCUT2D eigenvalue weighted by atomic mass is 9.91. The summed E-state index contributed by atoms with van der Waals surface area (Å²) >= 11 is 11.9. The summed E-state index contributed by atoms with van der Waals surface area (Å²) in [7, 11) is 2.97. The number of nitrogens with zero attached hydrogens (tertiary/aromatic N) is 3. The molecule has 0 atom stereocenters. The van der Waals surface area contributed by atoms with Crippen LogP contribution in [0.4, 0.5) is 0 Å². The molecule has 3 rings (SSSR count). The van der Waals surface area contributed by atoms with Gasteiger partial charge in [-0.2, -0.15) is 0 Å². The number of carbonyl (C=O) groups is 1. The Hall–Kier alpha value is -2.44. The number of Topliss-reactive ketones (excluding diaryl/α,β-unsaturated/α-hetero) is 1. The maximum Gasteiger partial charge on any atom is 0.332 e. The van der Waals surface area contributed by atoms with Crippen molar-refractivity contribution >= 4 is 40.0 Å². The lowest BCUT2D eigenvalue weighted by molar-refractivity contribution is 0.0979.